The summed E-state index contributed by atoms with van der Waals surface area (Å²) in [7, 11) is 0. The van der Waals surface area contributed by atoms with E-state index in [0.717, 1.165) is 5.56 Å². The van der Waals surface area contributed by atoms with Crippen LogP contribution in [0.3, 0.4) is 0 Å². The zero-order valence-corrected chi connectivity index (χ0v) is 9.25. The quantitative estimate of drug-likeness (QED) is 0.851. The summed E-state index contributed by atoms with van der Waals surface area (Å²) >= 11 is 0. The van der Waals surface area contributed by atoms with Gasteiger partial charge in [0.05, 0.1) is 0 Å². The lowest BCUT2D eigenvalue weighted by atomic mass is 9.91. The molecule has 0 spiro atoms. The van der Waals surface area contributed by atoms with Crippen molar-refractivity contribution < 1.29 is 0 Å². The van der Waals surface area contributed by atoms with Crippen molar-refractivity contribution >= 4 is 0 Å². The lowest BCUT2D eigenvalue weighted by Gasteiger charge is -2.20. The van der Waals surface area contributed by atoms with Gasteiger partial charge in [-0.25, -0.2) is 0 Å². The van der Waals surface area contributed by atoms with E-state index in [1.807, 2.05) is 30.5 Å². The van der Waals surface area contributed by atoms with Crippen LogP contribution in [0.4, 0.5) is 0 Å². The Morgan fingerprint density at radius 3 is 2.38 bits per heavy atom. The van der Waals surface area contributed by atoms with Crippen molar-refractivity contribution in [2.75, 3.05) is 0 Å². The van der Waals surface area contributed by atoms with E-state index in [9.17, 15) is 0 Å². The Bertz CT molecular complexity index is 384. The van der Waals surface area contributed by atoms with E-state index in [-0.39, 0.29) is 12.0 Å². The lowest BCUT2D eigenvalue weighted by molar-refractivity contribution is 0.595. The van der Waals surface area contributed by atoms with Crippen LogP contribution in [0.15, 0.2) is 49.1 Å². The number of hydrogen-bond donors (Lipinski definition) is 1. The highest BCUT2D eigenvalue weighted by Crippen LogP contribution is 2.27. The molecule has 0 aliphatic rings. The van der Waals surface area contributed by atoms with Gasteiger partial charge < -0.3 is 5.73 Å². The van der Waals surface area contributed by atoms with Crippen LogP contribution in [0, 0.1) is 0 Å². The third kappa shape index (κ3) is 2.25. The highest BCUT2D eigenvalue weighted by Gasteiger charge is 2.16. The molecule has 0 amide bonds. The van der Waals surface area contributed by atoms with Crippen molar-refractivity contribution in [2.45, 2.75) is 18.9 Å². The van der Waals surface area contributed by atoms with Crippen molar-refractivity contribution in [3.05, 3.63) is 60.2 Å². The van der Waals surface area contributed by atoms with Gasteiger partial charge in [-0.1, -0.05) is 13.0 Å². The van der Waals surface area contributed by atoms with E-state index in [1.165, 1.54) is 5.56 Å². The van der Waals surface area contributed by atoms with Gasteiger partial charge in [-0.2, -0.15) is 0 Å². The third-order valence-corrected chi connectivity index (χ3v) is 2.84. The van der Waals surface area contributed by atoms with Gasteiger partial charge in [0.15, 0.2) is 0 Å². The average molecular weight is 213 g/mol. The van der Waals surface area contributed by atoms with Crippen molar-refractivity contribution in [2.24, 2.45) is 5.73 Å². The molecule has 0 saturated carbocycles. The summed E-state index contributed by atoms with van der Waals surface area (Å²) < 4.78 is 0. The number of rotatable bonds is 3. The van der Waals surface area contributed by atoms with Crippen LogP contribution >= 0.6 is 0 Å². The molecule has 3 heteroatoms. The zero-order chi connectivity index (χ0) is 11.4. The summed E-state index contributed by atoms with van der Waals surface area (Å²) in [4.78, 5) is 8.10. The Kier molecular flexibility index (Phi) is 3.27. The second kappa shape index (κ2) is 4.86. The zero-order valence-electron chi connectivity index (χ0n) is 9.25. The molecule has 2 aromatic heterocycles. The molecule has 82 valence electrons. The largest absolute Gasteiger partial charge is 0.323 e. The van der Waals surface area contributed by atoms with Crippen LogP contribution in [0.5, 0.6) is 0 Å². The maximum atomic E-state index is 6.21. The molecular weight excluding hydrogens is 198 g/mol. The van der Waals surface area contributed by atoms with Crippen LogP contribution in [0.2, 0.25) is 0 Å². The van der Waals surface area contributed by atoms with Crippen LogP contribution < -0.4 is 5.73 Å². The van der Waals surface area contributed by atoms with Crippen molar-refractivity contribution in [1.82, 2.24) is 9.97 Å². The SMILES string of the molecule is CC(c1ccncc1)C(N)c1cccnc1. The minimum absolute atomic E-state index is 0.0314. The van der Waals surface area contributed by atoms with Crippen LogP contribution in [0.1, 0.15) is 30.0 Å². The van der Waals surface area contributed by atoms with Gasteiger partial charge in [0.25, 0.3) is 0 Å². The van der Waals surface area contributed by atoms with E-state index >= 15 is 0 Å². The van der Waals surface area contributed by atoms with E-state index in [0.29, 0.717) is 0 Å². The van der Waals surface area contributed by atoms with Gasteiger partial charge in [0, 0.05) is 36.7 Å². The summed E-state index contributed by atoms with van der Waals surface area (Å²) in [5, 5.41) is 0. The van der Waals surface area contributed by atoms with E-state index in [1.54, 1.807) is 18.6 Å². The smallest absolute Gasteiger partial charge is 0.0377 e. The van der Waals surface area contributed by atoms with Crippen molar-refractivity contribution in [3.8, 4) is 0 Å². The second-order valence-electron chi connectivity index (χ2n) is 3.88. The summed E-state index contributed by atoms with van der Waals surface area (Å²) in [5.41, 5.74) is 8.47. The predicted molar refractivity (Wildman–Crippen MR) is 63.8 cm³/mol. The molecule has 0 aromatic carbocycles. The monoisotopic (exact) mass is 213 g/mol. The minimum atomic E-state index is -0.0314. The average Bonchev–Trinajstić information content (AvgIpc) is 2.39. The Balaban J connectivity index is 2.20. The fourth-order valence-corrected chi connectivity index (χ4v) is 1.74. The highest BCUT2D eigenvalue weighted by molar-refractivity contribution is 5.23. The Hall–Kier alpha value is -1.74. The van der Waals surface area contributed by atoms with Gasteiger partial charge >= 0.3 is 0 Å². The molecule has 0 bridgehead atoms. The van der Waals surface area contributed by atoms with Gasteiger partial charge in [-0.3, -0.25) is 9.97 Å². The third-order valence-electron chi connectivity index (χ3n) is 2.84. The number of nitrogens with two attached hydrogens (primary N) is 1. The predicted octanol–water partition coefficient (Wildman–Crippen LogP) is 2.28. The first kappa shape index (κ1) is 10.8. The first-order valence-corrected chi connectivity index (χ1v) is 5.34. The van der Waals surface area contributed by atoms with Gasteiger partial charge in [0.2, 0.25) is 0 Å². The number of nitrogens with zero attached hydrogens (tertiary/aromatic N) is 2. The maximum Gasteiger partial charge on any atom is 0.0377 e. The molecule has 0 aliphatic heterocycles. The van der Waals surface area contributed by atoms with Gasteiger partial charge in [-0.05, 0) is 29.3 Å². The highest BCUT2D eigenvalue weighted by atomic mass is 14.7. The van der Waals surface area contributed by atoms with Gasteiger partial charge in [-0.15, -0.1) is 0 Å². The molecule has 3 nitrogen and oxygen atoms in total. The molecule has 0 aliphatic carbocycles. The summed E-state index contributed by atoms with van der Waals surface area (Å²) in [6.45, 7) is 2.12. The normalized spacial score (nSPS) is 14.4. The van der Waals surface area contributed by atoms with Crippen molar-refractivity contribution in [3.63, 3.8) is 0 Å². The molecular formula is C13H15N3. The fourth-order valence-electron chi connectivity index (χ4n) is 1.74. The number of pyridine rings is 2. The maximum absolute atomic E-state index is 6.21. The molecule has 2 atom stereocenters. The number of hydrogen-bond acceptors (Lipinski definition) is 3. The Morgan fingerprint density at radius 2 is 1.75 bits per heavy atom. The molecule has 2 N–H and O–H groups in total. The minimum Gasteiger partial charge on any atom is -0.323 e. The lowest BCUT2D eigenvalue weighted by Crippen LogP contribution is -2.17. The number of aromatic nitrogens is 2. The van der Waals surface area contributed by atoms with Crippen LogP contribution in [-0.2, 0) is 0 Å². The van der Waals surface area contributed by atoms with E-state index < -0.39 is 0 Å². The molecule has 2 unspecified atom stereocenters. The molecule has 0 fully saturated rings. The second-order valence-corrected chi connectivity index (χ2v) is 3.88. The van der Waals surface area contributed by atoms with E-state index in [2.05, 4.69) is 16.9 Å². The standard InChI is InChI=1S/C13H15N3/c1-10(11-4-7-15-8-5-11)13(14)12-3-2-6-16-9-12/h2-10,13H,14H2,1H3. The van der Waals surface area contributed by atoms with Crippen molar-refractivity contribution in [1.29, 1.82) is 0 Å². The molecule has 0 radical (unpaired) electrons. The first-order chi connectivity index (χ1) is 7.79. The Labute approximate surface area is 95.4 Å². The molecule has 2 heterocycles. The molecule has 16 heavy (non-hydrogen) atoms. The summed E-state index contributed by atoms with van der Waals surface area (Å²) in [6.07, 6.45) is 7.17. The molecule has 2 aromatic rings. The molecule has 2 rings (SSSR count). The molecule has 0 saturated heterocycles. The topological polar surface area (TPSA) is 51.8 Å². The van der Waals surface area contributed by atoms with Crippen LogP contribution in [0.25, 0.3) is 0 Å². The van der Waals surface area contributed by atoms with Crippen LogP contribution in [-0.4, -0.2) is 9.97 Å². The summed E-state index contributed by atoms with van der Waals surface area (Å²) in [6, 6.07) is 7.89. The van der Waals surface area contributed by atoms with E-state index in [4.69, 9.17) is 5.73 Å². The summed E-state index contributed by atoms with van der Waals surface area (Å²) in [5.74, 6) is 0.257. The fraction of sp³-hybridized carbons (Fsp3) is 0.231. The van der Waals surface area contributed by atoms with Gasteiger partial charge in [0.1, 0.15) is 0 Å². The first-order valence-electron chi connectivity index (χ1n) is 5.34. The Morgan fingerprint density at radius 1 is 1.00 bits per heavy atom.